The number of halogens is 3. The summed E-state index contributed by atoms with van der Waals surface area (Å²) in [5.41, 5.74) is 101. The van der Waals surface area contributed by atoms with Gasteiger partial charge in [-0.2, -0.15) is 13.2 Å². The Morgan fingerprint density at radius 2 is 0.330 bits per heavy atom. The quantitative estimate of drug-likeness (QED) is 0.0157. The van der Waals surface area contributed by atoms with Gasteiger partial charge in [0.25, 0.3) is 0 Å². The molecule has 106 heavy (non-hydrogen) atoms. The largest absolute Gasteiger partial charge is 0.490 e. The van der Waals surface area contributed by atoms with Gasteiger partial charge in [-0.3, -0.25) is 88.1 Å². The molecule has 1 aliphatic heterocycles. The first kappa shape index (κ1) is 93.9. The van der Waals surface area contributed by atoms with Crippen LogP contribution in [-0.2, 0) is 47.9 Å². The molecule has 1 rings (SSSR count). The van der Waals surface area contributed by atoms with E-state index in [9.17, 15) is 56.3 Å². The van der Waals surface area contributed by atoms with Gasteiger partial charge < -0.3 is 156 Å². The summed E-state index contributed by atoms with van der Waals surface area (Å²) in [5.74, 6) is -14.0. The molecule has 1 heterocycles. The highest BCUT2D eigenvalue weighted by molar-refractivity contribution is 5.99. The minimum Gasteiger partial charge on any atom is -0.475 e. The van der Waals surface area contributed by atoms with E-state index in [1.165, 1.54) is 0 Å². The van der Waals surface area contributed by atoms with Crippen LogP contribution in [0.3, 0.4) is 0 Å². The number of aliphatic carboxylic acids is 1. The summed E-state index contributed by atoms with van der Waals surface area (Å²) >= 11 is 0. The Kier molecular flexibility index (Phi) is 46.0. The van der Waals surface area contributed by atoms with E-state index in [0.29, 0.717) is 0 Å². The molecule has 0 unspecified atom stereocenters. The van der Waals surface area contributed by atoms with Crippen LogP contribution >= 0.6 is 0 Å². The third-order valence-electron chi connectivity index (χ3n) is 14.4. The molecule has 0 aliphatic carbocycles. The molecule has 9 atom stereocenters. The van der Waals surface area contributed by atoms with Gasteiger partial charge in [0.15, 0.2) is 53.6 Å². The molecule has 0 aromatic heterocycles. The molecular formula is C56H109F3N36O11. The Bertz CT molecular complexity index is 2500. The number of guanidine groups is 9. The second-order valence-electron chi connectivity index (χ2n) is 23.4. The number of hydrogen-bond donors (Lipinski definition) is 28. The lowest BCUT2D eigenvalue weighted by atomic mass is 10.0. The second kappa shape index (κ2) is 52.0. The van der Waals surface area contributed by atoms with E-state index in [4.69, 9.17) is 113 Å². The number of aliphatic imine (C=N–C) groups is 9. The summed E-state index contributed by atoms with van der Waals surface area (Å²) in [6.45, 7) is -0.527. The molecule has 0 bridgehead atoms. The number of carbonyl (C=O) groups excluding carboxylic acids is 9. The van der Waals surface area contributed by atoms with Gasteiger partial charge in [0, 0.05) is 58.9 Å². The third-order valence-corrected chi connectivity index (χ3v) is 14.4. The number of nitrogens with two attached hydrogens (primary N) is 18. The molecule has 0 radical (unpaired) electrons. The number of hydrogen-bond acceptors (Lipinski definition) is 19. The van der Waals surface area contributed by atoms with Gasteiger partial charge in [-0.15, -0.1) is 0 Å². The topological polar surface area (TPSA) is 879 Å². The van der Waals surface area contributed by atoms with Crippen LogP contribution < -0.4 is 151 Å². The first-order chi connectivity index (χ1) is 49.7. The van der Waals surface area contributed by atoms with Gasteiger partial charge >= 0.3 is 12.1 Å². The molecule has 9 amide bonds. The maximum absolute atomic E-state index is 14.8. The normalized spacial score (nSPS) is 20.1. The van der Waals surface area contributed by atoms with Gasteiger partial charge in [0.1, 0.15) is 54.4 Å². The van der Waals surface area contributed by atoms with Crippen molar-refractivity contribution in [3.63, 3.8) is 0 Å². The van der Waals surface area contributed by atoms with Gasteiger partial charge in [-0.1, -0.05) is 0 Å². The van der Waals surface area contributed by atoms with Crippen LogP contribution in [0.2, 0.25) is 0 Å². The number of rotatable bonds is 36. The van der Waals surface area contributed by atoms with E-state index in [1.54, 1.807) is 0 Å². The number of carboxylic acid groups (broad SMARTS) is 1. The molecule has 50 heteroatoms. The van der Waals surface area contributed by atoms with Crippen molar-refractivity contribution >= 4 is 113 Å². The van der Waals surface area contributed by atoms with Crippen molar-refractivity contribution < 1.29 is 66.2 Å². The van der Waals surface area contributed by atoms with Crippen LogP contribution in [0.15, 0.2) is 44.9 Å². The zero-order valence-electron chi connectivity index (χ0n) is 58.9. The molecule has 0 aromatic rings. The van der Waals surface area contributed by atoms with Crippen LogP contribution in [-0.4, -0.2) is 237 Å². The SMILES string of the molecule is NC(N)=NCCC[C@@H]1NC(=O)[C@H](CCCN=C(N)N)NC(=O)[C@H](CCCN=C(N)N)NC(=O)[C@H](CCCN=C(N)N)NC(=O)[C@H](CCCN=C(N)N)NC(=O)[C@H](CCCN=C(N)N)NC(=O)[C@H](CCCN=C(N)N)NC(=O)[C@H](CCCN=C(N)N)NC(=O)[C@H](CCCN=C(N)N)NC1=O.O=C(O)C(F)(F)F. The number of carbonyl (C=O) groups is 10. The van der Waals surface area contributed by atoms with Crippen LogP contribution in [0.1, 0.15) is 116 Å². The standard InChI is InChI=1S/C54H108N36O9.C2HF3O2/c55-46(56)73-19-1-10-28-37(91)83-30(12-3-21-75-48(59)60)39(93)85-32(14-5-23-77-50(63)64)41(95)87-34(16-7-25-79-52(67)68)43(97)89-36(18-9-27-81-54(71)72)45(99)90-35(17-8-26-80-53(69)70)44(98)88-33(15-6-24-78-51(65)66)42(96)86-31(13-4-22-76-49(61)62)40(94)84-29(38(92)82-28)11-2-20-74-47(57)58;3-2(4,5)1(6)7/h28-36H,1-27H2,(H,82,92)(H,83,91)(H,84,94)(H,85,93)(H,86,96)(H,87,95)(H,88,98)(H,89,97)(H,90,99)(H4,55,56,73)(H4,57,58,74)(H4,59,60,75)(H4,61,62,76)(H4,63,64,77)(H4,65,66,78)(H4,67,68,79)(H4,69,70,80)(H4,71,72,81);(H,6,7)/t28-,29-,30-,31-,32-,33-,34-,35-,36-;/m0./s1. The summed E-state index contributed by atoms with van der Waals surface area (Å²) in [6.07, 6.45) is -6.62. The lowest BCUT2D eigenvalue weighted by Gasteiger charge is -2.28. The summed E-state index contributed by atoms with van der Waals surface area (Å²) in [5, 5.41) is 31.1. The van der Waals surface area contributed by atoms with Crippen molar-refractivity contribution in [2.45, 2.75) is 176 Å². The molecule has 0 spiro atoms. The third kappa shape index (κ3) is 45.7. The minimum absolute atomic E-state index is 0.0348. The number of nitrogens with one attached hydrogen (secondary N) is 9. The number of nitrogens with zero attached hydrogens (tertiary/aromatic N) is 9. The fraction of sp³-hybridized carbons (Fsp3) is 0.661. The lowest BCUT2D eigenvalue weighted by Crippen LogP contribution is -2.60. The van der Waals surface area contributed by atoms with Crippen molar-refractivity contribution in [1.29, 1.82) is 0 Å². The Labute approximate surface area is 608 Å². The van der Waals surface area contributed by atoms with Crippen molar-refractivity contribution in [3.05, 3.63) is 0 Å². The van der Waals surface area contributed by atoms with Crippen molar-refractivity contribution in [1.82, 2.24) is 47.9 Å². The van der Waals surface area contributed by atoms with Gasteiger partial charge in [0.05, 0.1) is 0 Å². The highest BCUT2D eigenvalue weighted by Gasteiger charge is 2.39. The van der Waals surface area contributed by atoms with Gasteiger partial charge in [0.2, 0.25) is 53.2 Å². The number of carboxylic acids is 1. The van der Waals surface area contributed by atoms with Crippen molar-refractivity contribution in [2.75, 3.05) is 58.9 Å². The Hall–Kier alpha value is -12.1. The summed E-state index contributed by atoms with van der Waals surface area (Å²) in [6, 6.07) is -13.9. The van der Waals surface area contributed by atoms with Crippen LogP contribution in [0, 0.1) is 0 Å². The Morgan fingerprint density at radius 3 is 0.396 bits per heavy atom. The fourth-order valence-electron chi connectivity index (χ4n) is 9.40. The Balaban J connectivity index is 0.0000149. The van der Waals surface area contributed by atoms with Gasteiger partial charge in [-0.05, 0) is 116 Å². The average Bonchev–Trinajstić information content (AvgIpc) is 0.898. The number of amides is 9. The predicted octanol–water partition coefficient (Wildman–Crippen LogP) is -12.5. The first-order valence-corrected chi connectivity index (χ1v) is 33.3. The van der Waals surface area contributed by atoms with Crippen molar-refractivity contribution in [2.24, 2.45) is 148 Å². The molecule has 46 N–H and O–H groups in total. The number of alkyl halides is 3. The first-order valence-electron chi connectivity index (χ1n) is 33.3. The van der Waals surface area contributed by atoms with E-state index in [1.807, 2.05) is 0 Å². The molecule has 1 saturated heterocycles. The van der Waals surface area contributed by atoms with Gasteiger partial charge in [-0.25, -0.2) is 4.79 Å². The maximum atomic E-state index is 14.8. The highest BCUT2D eigenvalue weighted by Crippen LogP contribution is 2.15. The zero-order chi connectivity index (χ0) is 80.5. The van der Waals surface area contributed by atoms with Crippen molar-refractivity contribution in [3.8, 4) is 0 Å². The predicted molar refractivity (Wildman–Crippen MR) is 390 cm³/mol. The maximum Gasteiger partial charge on any atom is 0.490 e. The molecule has 0 aromatic carbocycles. The summed E-state index contributed by atoms with van der Waals surface area (Å²) < 4.78 is 31.7. The summed E-state index contributed by atoms with van der Waals surface area (Å²) in [4.78, 5) is 178. The minimum atomic E-state index is -5.08. The van der Waals surface area contributed by atoms with E-state index < -0.39 is 120 Å². The van der Waals surface area contributed by atoms with Crippen LogP contribution in [0.4, 0.5) is 13.2 Å². The molecular weight excluding hydrogens is 1410 g/mol. The molecule has 1 fully saturated rings. The second-order valence-corrected chi connectivity index (χ2v) is 23.4. The van der Waals surface area contributed by atoms with Crippen LogP contribution in [0.5, 0.6) is 0 Å². The molecule has 1 aliphatic rings. The average molecular weight is 1520 g/mol. The van der Waals surface area contributed by atoms with E-state index in [-0.39, 0.29) is 228 Å². The van der Waals surface area contributed by atoms with E-state index >= 15 is 0 Å². The molecule has 47 nitrogen and oxygen atoms in total. The van der Waals surface area contributed by atoms with E-state index in [2.05, 4.69) is 92.8 Å². The fourth-order valence-corrected chi connectivity index (χ4v) is 9.40. The monoisotopic (exact) mass is 1520 g/mol. The summed E-state index contributed by atoms with van der Waals surface area (Å²) in [7, 11) is 0. The smallest absolute Gasteiger partial charge is 0.475 e. The molecule has 0 saturated carbocycles. The Morgan fingerprint density at radius 1 is 0.245 bits per heavy atom. The van der Waals surface area contributed by atoms with Crippen LogP contribution in [0.25, 0.3) is 0 Å². The highest BCUT2D eigenvalue weighted by atomic mass is 19.4. The molecule has 600 valence electrons. The zero-order valence-corrected chi connectivity index (χ0v) is 58.9. The van der Waals surface area contributed by atoms with E-state index in [0.717, 1.165) is 0 Å². The lowest BCUT2D eigenvalue weighted by molar-refractivity contribution is -0.192.